The van der Waals surface area contributed by atoms with E-state index in [2.05, 4.69) is 50.5 Å². The van der Waals surface area contributed by atoms with Gasteiger partial charge in [-0.15, -0.1) is 0 Å². The first-order valence-electron chi connectivity index (χ1n) is 18.3. The Hall–Kier alpha value is -5.83. The number of halogens is 5. The number of pyridine rings is 1. The second-order valence-corrected chi connectivity index (χ2v) is 15.8. The SMILES string of the molecule is CNc1nc(Cc2cnc(-n3cnc(C)c3)c(C)c2)nc2c1C(C)(C)CN2c1ccc(F)c(F)c1.CNc1nc(Cl)nc2c1C(C)(C)CN2c1ccc(F)c(F)c1. The van der Waals surface area contributed by atoms with Gasteiger partial charge in [-0.25, -0.2) is 42.5 Å². The molecular weight excluding hydrogens is 758 g/mol. The van der Waals surface area contributed by atoms with Gasteiger partial charge in [-0.3, -0.25) is 4.57 Å². The zero-order valence-corrected chi connectivity index (χ0v) is 33.6. The number of fused-ring (bicyclic) bond motifs is 2. The average molecular weight is 800 g/mol. The fourth-order valence-electron chi connectivity index (χ4n) is 7.54. The third-order valence-electron chi connectivity index (χ3n) is 10.1. The quantitative estimate of drug-likeness (QED) is 0.120. The van der Waals surface area contributed by atoms with Crippen LogP contribution in [0.15, 0.2) is 61.2 Å². The lowest BCUT2D eigenvalue weighted by Crippen LogP contribution is -2.25. The van der Waals surface area contributed by atoms with E-state index in [4.69, 9.17) is 21.6 Å². The van der Waals surface area contributed by atoms with Crippen molar-refractivity contribution in [2.75, 3.05) is 47.6 Å². The molecule has 0 radical (unpaired) electrons. The number of rotatable bonds is 7. The lowest BCUT2D eigenvalue weighted by molar-refractivity contribution is 0.508. The van der Waals surface area contributed by atoms with Gasteiger partial charge >= 0.3 is 0 Å². The van der Waals surface area contributed by atoms with Gasteiger partial charge in [-0.05, 0) is 60.8 Å². The summed E-state index contributed by atoms with van der Waals surface area (Å²) < 4.78 is 56.3. The molecule has 57 heavy (non-hydrogen) atoms. The molecule has 0 unspecified atom stereocenters. The smallest absolute Gasteiger partial charge is 0.226 e. The molecule has 0 saturated heterocycles. The number of nitrogens with zero attached hydrogens (tertiary/aromatic N) is 9. The Morgan fingerprint density at radius 3 is 1.72 bits per heavy atom. The topological polar surface area (TPSA) is 113 Å². The standard InChI is InChI=1S/C26H27F2N7.C15H15ClF2N4/c1-15-8-17(11-30-24(15)34-12-16(2)31-14-34)9-21-32-23(29-5)22-25(33-21)35(13-26(22,3)4)18-6-7-19(27)20(28)10-18;1-15(2)7-22(8-4-5-9(17)10(18)6-8)13-11(15)12(19-3)20-14(16)21-13/h6-8,10-12,14H,9,13H2,1-5H3,(H,29,32,33);4-6H,7H2,1-3H3,(H,19,20,21). The van der Waals surface area contributed by atoms with Crippen molar-refractivity contribution in [1.29, 1.82) is 0 Å². The maximum atomic E-state index is 14.0. The molecule has 2 aliphatic heterocycles. The third-order valence-corrected chi connectivity index (χ3v) is 10.3. The highest BCUT2D eigenvalue weighted by atomic mass is 35.5. The van der Waals surface area contributed by atoms with Crippen LogP contribution in [0.5, 0.6) is 0 Å². The molecule has 0 aliphatic carbocycles. The Morgan fingerprint density at radius 2 is 1.23 bits per heavy atom. The Balaban J connectivity index is 0.000000194. The number of hydrogen-bond donors (Lipinski definition) is 2. The van der Waals surface area contributed by atoms with Crippen molar-refractivity contribution in [2.24, 2.45) is 0 Å². The lowest BCUT2D eigenvalue weighted by Gasteiger charge is -2.22. The lowest BCUT2D eigenvalue weighted by atomic mass is 9.88. The van der Waals surface area contributed by atoms with Gasteiger partial charge in [0.1, 0.15) is 41.2 Å². The molecule has 2 N–H and O–H groups in total. The van der Waals surface area contributed by atoms with Gasteiger partial charge in [0, 0.05) is 91.5 Å². The summed E-state index contributed by atoms with van der Waals surface area (Å²) in [5.74, 6) is 0.607. The van der Waals surface area contributed by atoms with E-state index in [-0.39, 0.29) is 16.1 Å². The predicted molar refractivity (Wildman–Crippen MR) is 215 cm³/mol. The predicted octanol–water partition coefficient (Wildman–Crippen LogP) is 8.89. The van der Waals surface area contributed by atoms with E-state index < -0.39 is 23.3 Å². The molecular formula is C41H42ClF4N11. The van der Waals surface area contributed by atoms with Crippen LogP contribution in [0.3, 0.4) is 0 Å². The van der Waals surface area contributed by atoms with Crippen LogP contribution in [0.25, 0.3) is 5.82 Å². The van der Waals surface area contributed by atoms with Crippen molar-refractivity contribution < 1.29 is 17.6 Å². The van der Waals surface area contributed by atoms with Crippen LogP contribution in [-0.2, 0) is 17.3 Å². The van der Waals surface area contributed by atoms with Crippen LogP contribution >= 0.6 is 11.6 Å². The summed E-state index contributed by atoms with van der Waals surface area (Å²) in [7, 11) is 3.59. The van der Waals surface area contributed by atoms with Crippen LogP contribution in [0, 0.1) is 37.1 Å². The number of aromatic nitrogens is 7. The highest BCUT2D eigenvalue weighted by Gasteiger charge is 2.42. The van der Waals surface area contributed by atoms with Gasteiger partial charge < -0.3 is 20.4 Å². The highest BCUT2D eigenvalue weighted by molar-refractivity contribution is 6.28. The number of anilines is 6. The monoisotopic (exact) mass is 799 g/mol. The molecule has 296 valence electrons. The average Bonchev–Trinajstić information content (AvgIpc) is 3.80. The molecule has 0 spiro atoms. The summed E-state index contributed by atoms with van der Waals surface area (Å²) in [6.45, 7) is 13.4. The van der Waals surface area contributed by atoms with Crippen molar-refractivity contribution in [3.63, 3.8) is 0 Å². The number of nitrogens with one attached hydrogen (secondary N) is 2. The zero-order chi connectivity index (χ0) is 41.0. The van der Waals surface area contributed by atoms with Gasteiger partial charge in [0.15, 0.2) is 23.3 Å². The van der Waals surface area contributed by atoms with Gasteiger partial charge in [0.25, 0.3) is 0 Å². The van der Waals surface area contributed by atoms with Crippen molar-refractivity contribution in [1.82, 2.24) is 34.5 Å². The van der Waals surface area contributed by atoms with Crippen molar-refractivity contribution in [3.05, 3.63) is 124 Å². The maximum absolute atomic E-state index is 14.0. The number of benzene rings is 2. The Kier molecular flexibility index (Phi) is 10.3. The molecule has 0 saturated carbocycles. The van der Waals surface area contributed by atoms with Crippen molar-refractivity contribution in [2.45, 2.75) is 58.8 Å². The van der Waals surface area contributed by atoms with E-state index >= 15 is 0 Å². The van der Waals surface area contributed by atoms with E-state index in [0.717, 1.165) is 57.8 Å². The van der Waals surface area contributed by atoms with E-state index in [0.29, 0.717) is 54.2 Å². The summed E-state index contributed by atoms with van der Waals surface area (Å²) >= 11 is 5.99. The minimum atomic E-state index is -0.891. The molecule has 6 aromatic rings. The van der Waals surface area contributed by atoms with Crippen molar-refractivity contribution >= 4 is 46.2 Å². The minimum absolute atomic E-state index is 0.105. The fraction of sp³-hybridized carbons (Fsp3) is 0.317. The summed E-state index contributed by atoms with van der Waals surface area (Å²) in [4.78, 5) is 30.9. The fourth-order valence-corrected chi connectivity index (χ4v) is 7.70. The molecule has 4 aromatic heterocycles. The number of aryl methyl sites for hydroxylation is 2. The normalized spacial score (nSPS) is 14.9. The Labute approximate surface area is 333 Å². The number of imidazole rings is 1. The van der Waals surface area contributed by atoms with Crippen LogP contribution in [0.2, 0.25) is 5.28 Å². The van der Waals surface area contributed by atoms with E-state index in [1.54, 1.807) is 19.4 Å². The molecule has 8 rings (SSSR count). The van der Waals surface area contributed by atoms with Crippen LogP contribution in [0.4, 0.5) is 52.2 Å². The molecule has 2 aliphatic rings. The minimum Gasteiger partial charge on any atom is -0.373 e. The van der Waals surface area contributed by atoms with Gasteiger partial charge in [0.2, 0.25) is 5.28 Å². The summed E-state index contributed by atoms with van der Waals surface area (Å²) in [5.41, 5.74) is 5.31. The Morgan fingerprint density at radius 1 is 0.684 bits per heavy atom. The molecule has 0 fully saturated rings. The third kappa shape index (κ3) is 7.55. The molecule has 0 amide bonds. The molecule has 11 nitrogen and oxygen atoms in total. The maximum Gasteiger partial charge on any atom is 0.226 e. The second-order valence-electron chi connectivity index (χ2n) is 15.4. The Bertz CT molecular complexity index is 2500. The first-order valence-corrected chi connectivity index (χ1v) is 18.6. The second kappa shape index (κ2) is 14.9. The van der Waals surface area contributed by atoms with Crippen LogP contribution in [-0.4, -0.2) is 61.7 Å². The molecule has 6 heterocycles. The first kappa shape index (κ1) is 39.4. The molecule has 0 atom stereocenters. The molecule has 2 aromatic carbocycles. The zero-order valence-electron chi connectivity index (χ0n) is 32.8. The number of hydrogen-bond acceptors (Lipinski definition) is 10. The summed E-state index contributed by atoms with van der Waals surface area (Å²) in [6, 6.07) is 9.81. The first-order chi connectivity index (χ1) is 27.0. The molecule has 0 bridgehead atoms. The van der Waals surface area contributed by atoms with E-state index in [9.17, 15) is 17.6 Å². The largest absolute Gasteiger partial charge is 0.373 e. The molecule has 16 heteroatoms. The van der Waals surface area contributed by atoms with Crippen LogP contribution < -0.4 is 20.4 Å². The van der Waals surface area contributed by atoms with Crippen LogP contribution in [0.1, 0.15) is 61.5 Å². The van der Waals surface area contributed by atoms with Gasteiger partial charge in [0.05, 0.1) is 5.69 Å². The summed E-state index contributed by atoms with van der Waals surface area (Å²) in [5, 5.41) is 6.33. The van der Waals surface area contributed by atoms with Gasteiger partial charge in [-0.1, -0.05) is 33.8 Å². The van der Waals surface area contributed by atoms with Crippen molar-refractivity contribution in [3.8, 4) is 5.82 Å². The van der Waals surface area contributed by atoms with E-state index in [1.165, 1.54) is 12.1 Å². The van der Waals surface area contributed by atoms with Gasteiger partial charge in [-0.2, -0.15) is 4.98 Å². The summed E-state index contributed by atoms with van der Waals surface area (Å²) in [6.07, 6.45) is 5.99. The highest BCUT2D eigenvalue weighted by Crippen LogP contribution is 2.48. The van der Waals surface area contributed by atoms with E-state index in [1.807, 2.05) is 61.5 Å².